The molecule has 45 heavy (non-hydrogen) atoms. The molecular formula is C35H30N2O7S. The van der Waals surface area contributed by atoms with Crippen molar-refractivity contribution in [1.82, 2.24) is 4.57 Å². The number of ether oxygens (including phenoxy) is 3. The number of rotatable bonds is 8. The number of hydrogen-bond acceptors (Lipinski definition) is 9. The van der Waals surface area contributed by atoms with Gasteiger partial charge >= 0.3 is 11.9 Å². The van der Waals surface area contributed by atoms with E-state index in [0.717, 1.165) is 16.3 Å². The fourth-order valence-corrected chi connectivity index (χ4v) is 6.53. The Morgan fingerprint density at radius 1 is 0.956 bits per heavy atom. The van der Waals surface area contributed by atoms with Gasteiger partial charge in [0.05, 0.1) is 41.7 Å². The highest BCUT2D eigenvalue weighted by Gasteiger charge is 2.36. The molecule has 6 rings (SSSR count). The van der Waals surface area contributed by atoms with Crippen LogP contribution in [0.25, 0.3) is 28.2 Å². The highest BCUT2D eigenvalue weighted by atomic mass is 32.1. The number of nitrogens with zero attached hydrogens (tertiary/aromatic N) is 2. The molecule has 0 spiro atoms. The second kappa shape index (κ2) is 12.4. The van der Waals surface area contributed by atoms with Crippen LogP contribution in [0, 0.1) is 0 Å². The SMILES string of the molecule is CCOC(=O)C1=C(C)N=c2s/c(=C\c3ccc(-c4ccc(C(=O)OCC)cc4)o3)c(=O)n2[C@@H]1c1c(OC)ccc2ccccc12. The van der Waals surface area contributed by atoms with Crippen LogP contribution in [0.5, 0.6) is 5.75 Å². The molecule has 9 nitrogen and oxygen atoms in total. The standard InChI is InChI=1S/C35H30N2O7S/c1-5-42-33(39)23-13-11-22(12-14-23)26-18-16-24(44-26)19-28-32(38)37-31(29(34(40)43-6-2)20(3)36-35(37)45-28)30-25-10-8-7-9-21(25)15-17-27(30)41-4/h7-19,31H,5-6H2,1-4H3/b28-19-/t31-/m0/s1. The van der Waals surface area contributed by atoms with Crippen molar-refractivity contribution in [3.8, 4) is 17.1 Å². The van der Waals surface area contributed by atoms with E-state index in [2.05, 4.69) is 4.99 Å². The van der Waals surface area contributed by atoms with E-state index < -0.39 is 12.0 Å². The average Bonchev–Trinajstić information content (AvgIpc) is 3.64. The zero-order valence-corrected chi connectivity index (χ0v) is 26.0. The maximum absolute atomic E-state index is 14.2. The summed E-state index contributed by atoms with van der Waals surface area (Å²) in [7, 11) is 1.57. The largest absolute Gasteiger partial charge is 0.496 e. The summed E-state index contributed by atoms with van der Waals surface area (Å²) in [6.07, 6.45) is 1.67. The minimum absolute atomic E-state index is 0.172. The van der Waals surface area contributed by atoms with Gasteiger partial charge in [0.2, 0.25) is 0 Å². The molecular weight excluding hydrogens is 592 g/mol. The summed E-state index contributed by atoms with van der Waals surface area (Å²) < 4.78 is 24.3. The molecule has 3 heterocycles. The van der Waals surface area contributed by atoms with E-state index in [4.69, 9.17) is 18.6 Å². The molecule has 3 aromatic carbocycles. The maximum atomic E-state index is 14.2. The Labute approximate surface area is 262 Å². The average molecular weight is 623 g/mol. The summed E-state index contributed by atoms with van der Waals surface area (Å²) in [4.78, 5) is 44.8. The van der Waals surface area contributed by atoms with E-state index in [-0.39, 0.29) is 23.7 Å². The number of carbonyl (C=O) groups is 2. The Bertz CT molecular complexity index is 2150. The second-order valence-corrected chi connectivity index (χ2v) is 11.2. The van der Waals surface area contributed by atoms with Crippen molar-refractivity contribution >= 4 is 40.1 Å². The molecule has 1 aliphatic heterocycles. The van der Waals surface area contributed by atoms with Gasteiger partial charge in [0.1, 0.15) is 23.3 Å². The molecule has 10 heteroatoms. The minimum Gasteiger partial charge on any atom is -0.496 e. The van der Waals surface area contributed by atoms with Crippen LogP contribution in [0.2, 0.25) is 0 Å². The molecule has 2 aromatic heterocycles. The van der Waals surface area contributed by atoms with E-state index >= 15 is 0 Å². The first kappa shape index (κ1) is 29.8. The molecule has 1 aliphatic rings. The lowest BCUT2D eigenvalue weighted by atomic mass is 9.90. The summed E-state index contributed by atoms with van der Waals surface area (Å²) in [5, 5.41) is 1.78. The van der Waals surface area contributed by atoms with Crippen LogP contribution < -0.4 is 19.6 Å². The number of fused-ring (bicyclic) bond motifs is 2. The molecule has 0 unspecified atom stereocenters. The number of carbonyl (C=O) groups excluding carboxylic acids is 2. The minimum atomic E-state index is -0.839. The molecule has 0 saturated heterocycles. The molecule has 0 radical (unpaired) electrons. The van der Waals surface area contributed by atoms with Crippen LogP contribution in [0.4, 0.5) is 0 Å². The molecule has 0 amide bonds. The van der Waals surface area contributed by atoms with Gasteiger partial charge in [0.25, 0.3) is 5.56 Å². The number of furan rings is 1. The van der Waals surface area contributed by atoms with Gasteiger partial charge in [-0.05, 0) is 61.9 Å². The smallest absolute Gasteiger partial charge is 0.338 e. The lowest BCUT2D eigenvalue weighted by molar-refractivity contribution is -0.139. The van der Waals surface area contributed by atoms with Gasteiger partial charge in [-0.15, -0.1) is 0 Å². The van der Waals surface area contributed by atoms with Gasteiger partial charge < -0.3 is 18.6 Å². The maximum Gasteiger partial charge on any atom is 0.338 e. The summed E-state index contributed by atoms with van der Waals surface area (Å²) >= 11 is 1.21. The van der Waals surface area contributed by atoms with Crippen molar-refractivity contribution in [3.05, 3.63) is 121 Å². The fourth-order valence-electron chi connectivity index (χ4n) is 5.50. The van der Waals surface area contributed by atoms with Gasteiger partial charge in [-0.3, -0.25) is 9.36 Å². The lowest BCUT2D eigenvalue weighted by Crippen LogP contribution is -2.40. The summed E-state index contributed by atoms with van der Waals surface area (Å²) in [5.41, 5.74) is 2.30. The van der Waals surface area contributed by atoms with Crippen molar-refractivity contribution in [3.63, 3.8) is 0 Å². The summed E-state index contributed by atoms with van der Waals surface area (Å²) in [6, 6.07) is 21.2. The van der Waals surface area contributed by atoms with Crippen LogP contribution in [-0.4, -0.2) is 36.8 Å². The number of esters is 2. The second-order valence-electron chi connectivity index (χ2n) is 10.2. The Hall–Kier alpha value is -5.22. The van der Waals surface area contributed by atoms with Gasteiger partial charge in [-0.25, -0.2) is 14.6 Å². The number of methoxy groups -OCH3 is 1. The number of hydrogen-bond donors (Lipinski definition) is 0. The van der Waals surface area contributed by atoms with Crippen molar-refractivity contribution in [2.24, 2.45) is 4.99 Å². The van der Waals surface area contributed by atoms with E-state index in [1.54, 1.807) is 70.4 Å². The highest BCUT2D eigenvalue weighted by Crippen LogP contribution is 2.40. The van der Waals surface area contributed by atoms with Gasteiger partial charge in [0, 0.05) is 17.2 Å². The van der Waals surface area contributed by atoms with Crippen LogP contribution in [0.3, 0.4) is 0 Å². The number of thiazole rings is 1. The van der Waals surface area contributed by atoms with Gasteiger partial charge in [-0.2, -0.15) is 0 Å². The number of allylic oxidation sites excluding steroid dienone is 1. The van der Waals surface area contributed by atoms with Crippen molar-refractivity contribution in [2.75, 3.05) is 20.3 Å². The lowest BCUT2D eigenvalue weighted by Gasteiger charge is -2.27. The molecule has 0 N–H and O–H groups in total. The summed E-state index contributed by atoms with van der Waals surface area (Å²) in [5.74, 6) is 0.640. The number of aromatic nitrogens is 1. The van der Waals surface area contributed by atoms with Crippen molar-refractivity contribution in [2.45, 2.75) is 26.8 Å². The zero-order valence-electron chi connectivity index (χ0n) is 25.2. The Morgan fingerprint density at radius 3 is 2.42 bits per heavy atom. The van der Waals surface area contributed by atoms with Crippen molar-refractivity contribution in [1.29, 1.82) is 0 Å². The van der Waals surface area contributed by atoms with Crippen LogP contribution >= 0.6 is 11.3 Å². The predicted molar refractivity (Wildman–Crippen MR) is 171 cm³/mol. The molecule has 5 aromatic rings. The molecule has 0 saturated carbocycles. The van der Waals surface area contributed by atoms with Crippen molar-refractivity contribution < 1.29 is 28.2 Å². The first-order valence-corrected chi connectivity index (χ1v) is 15.3. The van der Waals surface area contributed by atoms with E-state index in [1.165, 1.54) is 15.9 Å². The molecule has 1 atom stereocenters. The zero-order chi connectivity index (χ0) is 31.7. The van der Waals surface area contributed by atoms with E-state index in [9.17, 15) is 14.4 Å². The van der Waals surface area contributed by atoms with E-state index in [1.807, 2.05) is 36.4 Å². The number of benzene rings is 3. The van der Waals surface area contributed by atoms with Gasteiger partial charge in [0.15, 0.2) is 4.80 Å². The molecule has 0 aliphatic carbocycles. The normalized spacial score (nSPS) is 14.7. The van der Waals surface area contributed by atoms with Crippen LogP contribution in [0.15, 0.2) is 98.3 Å². The Balaban J connectivity index is 1.48. The summed E-state index contributed by atoms with van der Waals surface area (Å²) in [6.45, 7) is 5.72. The van der Waals surface area contributed by atoms with E-state index in [0.29, 0.717) is 50.0 Å². The third-order valence-corrected chi connectivity index (χ3v) is 8.50. The predicted octanol–water partition coefficient (Wildman–Crippen LogP) is 5.40. The monoisotopic (exact) mass is 622 g/mol. The Kier molecular flexibility index (Phi) is 8.23. The first-order chi connectivity index (χ1) is 21.8. The Morgan fingerprint density at radius 2 is 1.69 bits per heavy atom. The quantitative estimate of drug-likeness (QED) is 0.213. The third-order valence-electron chi connectivity index (χ3n) is 7.52. The highest BCUT2D eigenvalue weighted by molar-refractivity contribution is 7.07. The first-order valence-electron chi connectivity index (χ1n) is 14.5. The third kappa shape index (κ3) is 5.49. The molecule has 0 bridgehead atoms. The van der Waals surface area contributed by atoms with Crippen LogP contribution in [0.1, 0.15) is 48.5 Å². The fraction of sp³-hybridized carbons (Fsp3) is 0.200. The van der Waals surface area contributed by atoms with Crippen LogP contribution in [-0.2, 0) is 14.3 Å². The topological polar surface area (TPSA) is 109 Å². The van der Waals surface area contributed by atoms with Gasteiger partial charge in [-0.1, -0.05) is 53.8 Å². The molecule has 228 valence electrons. The molecule has 0 fully saturated rings.